The van der Waals surface area contributed by atoms with Crippen LogP contribution in [-0.2, 0) is 9.53 Å². The number of hydrogen-bond donors (Lipinski definition) is 2. The molecule has 6 heteroatoms. The standard InChI is InChI=1S/C19H31N3O3/c1-3-15-17(18(23)25-4-2)16(21-19(24)20-15)12-22-10-9-13-7-5-6-8-14(13)11-22/h13-15H,3-12H2,1-2H3,(H2,20,21,24)/t13-,14+,15+/m0/s1. The van der Waals surface area contributed by atoms with E-state index < -0.39 is 0 Å². The number of amides is 2. The van der Waals surface area contributed by atoms with E-state index in [9.17, 15) is 9.59 Å². The first-order valence-electron chi connectivity index (χ1n) is 9.82. The molecule has 0 aromatic heterocycles. The van der Waals surface area contributed by atoms with Crippen LogP contribution in [0.3, 0.4) is 0 Å². The third kappa shape index (κ3) is 4.17. The van der Waals surface area contributed by atoms with Gasteiger partial charge in [0.2, 0.25) is 0 Å². The number of ether oxygens (including phenoxy) is 1. The van der Waals surface area contributed by atoms with Gasteiger partial charge in [0.05, 0.1) is 18.2 Å². The van der Waals surface area contributed by atoms with E-state index >= 15 is 0 Å². The molecule has 6 nitrogen and oxygen atoms in total. The molecule has 0 unspecified atom stereocenters. The van der Waals surface area contributed by atoms with E-state index in [1.165, 1.54) is 32.1 Å². The largest absolute Gasteiger partial charge is 0.463 e. The van der Waals surface area contributed by atoms with Crippen LogP contribution in [0.5, 0.6) is 0 Å². The van der Waals surface area contributed by atoms with Crippen molar-refractivity contribution >= 4 is 12.0 Å². The zero-order chi connectivity index (χ0) is 17.8. The molecule has 3 aliphatic rings. The number of nitrogens with zero attached hydrogens (tertiary/aromatic N) is 1. The lowest BCUT2D eigenvalue weighted by Gasteiger charge is -2.42. The third-order valence-corrected chi connectivity index (χ3v) is 5.90. The van der Waals surface area contributed by atoms with E-state index in [0.717, 1.165) is 30.6 Å². The average molecular weight is 349 g/mol. The summed E-state index contributed by atoms with van der Waals surface area (Å²) in [5.74, 6) is 1.33. The summed E-state index contributed by atoms with van der Waals surface area (Å²) in [6, 6.07) is -0.488. The number of urea groups is 1. The lowest BCUT2D eigenvalue weighted by atomic mass is 9.75. The van der Waals surface area contributed by atoms with Crippen LogP contribution in [-0.4, -0.2) is 49.2 Å². The Hall–Kier alpha value is -1.56. The summed E-state index contributed by atoms with van der Waals surface area (Å²) in [5, 5.41) is 5.72. The molecule has 2 aliphatic heterocycles. The quantitative estimate of drug-likeness (QED) is 0.748. The smallest absolute Gasteiger partial charge is 0.337 e. The number of fused-ring (bicyclic) bond motifs is 1. The Morgan fingerprint density at radius 3 is 2.68 bits per heavy atom. The van der Waals surface area contributed by atoms with Gasteiger partial charge in [-0.2, -0.15) is 0 Å². The fraction of sp³-hybridized carbons (Fsp3) is 0.789. The highest BCUT2D eigenvalue weighted by atomic mass is 16.5. The second kappa shape index (κ2) is 8.21. The van der Waals surface area contributed by atoms with Gasteiger partial charge in [0.15, 0.2) is 0 Å². The van der Waals surface area contributed by atoms with Gasteiger partial charge < -0.3 is 15.4 Å². The predicted octanol–water partition coefficient (Wildman–Crippen LogP) is 2.41. The first kappa shape index (κ1) is 18.2. The average Bonchev–Trinajstić information content (AvgIpc) is 2.61. The number of likely N-dealkylation sites (tertiary alicyclic amines) is 1. The van der Waals surface area contributed by atoms with Gasteiger partial charge >= 0.3 is 12.0 Å². The van der Waals surface area contributed by atoms with Gasteiger partial charge in [0.25, 0.3) is 0 Å². The van der Waals surface area contributed by atoms with Crippen LogP contribution in [0.15, 0.2) is 11.3 Å². The molecule has 2 N–H and O–H groups in total. The number of carbonyl (C=O) groups is 2. The van der Waals surface area contributed by atoms with Gasteiger partial charge in [-0.1, -0.05) is 26.2 Å². The van der Waals surface area contributed by atoms with E-state index in [0.29, 0.717) is 25.1 Å². The normalized spacial score (nSPS) is 30.3. The summed E-state index contributed by atoms with van der Waals surface area (Å²) in [6.07, 6.45) is 7.31. The van der Waals surface area contributed by atoms with E-state index in [1.807, 2.05) is 13.8 Å². The van der Waals surface area contributed by atoms with Crippen molar-refractivity contribution in [1.29, 1.82) is 0 Å². The van der Waals surface area contributed by atoms with Crippen LogP contribution >= 0.6 is 0 Å². The topological polar surface area (TPSA) is 70.7 Å². The van der Waals surface area contributed by atoms with Gasteiger partial charge in [0.1, 0.15) is 0 Å². The lowest BCUT2D eigenvalue weighted by molar-refractivity contribution is -0.139. The maximum atomic E-state index is 12.5. The maximum absolute atomic E-state index is 12.5. The van der Waals surface area contributed by atoms with Gasteiger partial charge in [-0.25, -0.2) is 9.59 Å². The zero-order valence-corrected chi connectivity index (χ0v) is 15.5. The highest BCUT2D eigenvalue weighted by molar-refractivity contribution is 5.94. The fourth-order valence-electron chi connectivity index (χ4n) is 4.63. The van der Waals surface area contributed by atoms with Crippen molar-refractivity contribution in [1.82, 2.24) is 15.5 Å². The van der Waals surface area contributed by atoms with E-state index in [1.54, 1.807) is 0 Å². The molecule has 1 saturated carbocycles. The second-order valence-electron chi connectivity index (χ2n) is 7.50. The molecular formula is C19H31N3O3. The van der Waals surface area contributed by atoms with E-state index in [-0.39, 0.29) is 18.0 Å². The summed E-state index contributed by atoms with van der Waals surface area (Å²) >= 11 is 0. The molecule has 1 saturated heterocycles. The second-order valence-corrected chi connectivity index (χ2v) is 7.50. The number of esters is 1. The Morgan fingerprint density at radius 1 is 1.20 bits per heavy atom. The predicted molar refractivity (Wildman–Crippen MR) is 95.9 cm³/mol. The molecule has 0 bridgehead atoms. The SMILES string of the molecule is CCOC(=O)C1=C(CN2CC[C@@H]3CCCC[C@@H]3C2)NC(=O)N[C@@H]1CC. The van der Waals surface area contributed by atoms with Crippen molar-refractivity contribution in [2.75, 3.05) is 26.2 Å². The van der Waals surface area contributed by atoms with Crippen LogP contribution in [0, 0.1) is 11.8 Å². The van der Waals surface area contributed by atoms with Crippen molar-refractivity contribution < 1.29 is 14.3 Å². The van der Waals surface area contributed by atoms with Crippen LogP contribution in [0.2, 0.25) is 0 Å². The number of rotatable bonds is 5. The Bertz CT molecular complexity index is 546. The summed E-state index contributed by atoms with van der Waals surface area (Å²) < 4.78 is 5.25. The van der Waals surface area contributed by atoms with E-state index in [4.69, 9.17) is 4.74 Å². The Morgan fingerprint density at radius 2 is 1.96 bits per heavy atom. The summed E-state index contributed by atoms with van der Waals surface area (Å²) in [6.45, 7) is 6.86. The minimum atomic E-state index is -0.315. The molecule has 25 heavy (non-hydrogen) atoms. The highest BCUT2D eigenvalue weighted by Gasteiger charge is 2.35. The van der Waals surface area contributed by atoms with Gasteiger partial charge in [-0.3, -0.25) is 4.90 Å². The molecule has 2 fully saturated rings. The minimum absolute atomic E-state index is 0.220. The van der Waals surface area contributed by atoms with Crippen LogP contribution in [0.1, 0.15) is 52.4 Å². The van der Waals surface area contributed by atoms with Gasteiger partial charge in [-0.15, -0.1) is 0 Å². The third-order valence-electron chi connectivity index (χ3n) is 5.90. The Labute approximate surface area is 150 Å². The maximum Gasteiger partial charge on any atom is 0.337 e. The van der Waals surface area contributed by atoms with Crippen molar-refractivity contribution in [3.8, 4) is 0 Å². The van der Waals surface area contributed by atoms with Crippen molar-refractivity contribution in [3.05, 3.63) is 11.3 Å². The van der Waals surface area contributed by atoms with Crippen molar-refractivity contribution in [3.63, 3.8) is 0 Å². The van der Waals surface area contributed by atoms with Crippen molar-refractivity contribution in [2.45, 2.75) is 58.4 Å². The molecule has 2 heterocycles. The summed E-state index contributed by atoms with van der Waals surface area (Å²) in [4.78, 5) is 26.9. The molecule has 1 aliphatic carbocycles. The van der Waals surface area contributed by atoms with Crippen LogP contribution in [0.25, 0.3) is 0 Å². The number of hydrogen-bond acceptors (Lipinski definition) is 4. The lowest BCUT2D eigenvalue weighted by Crippen LogP contribution is -2.53. The summed E-state index contributed by atoms with van der Waals surface area (Å²) in [5.41, 5.74) is 1.32. The monoisotopic (exact) mass is 349 g/mol. The van der Waals surface area contributed by atoms with Gasteiger partial charge in [-0.05, 0) is 44.6 Å². The van der Waals surface area contributed by atoms with Crippen molar-refractivity contribution in [2.24, 2.45) is 11.8 Å². The Balaban J connectivity index is 1.76. The minimum Gasteiger partial charge on any atom is -0.463 e. The molecule has 0 radical (unpaired) electrons. The molecule has 0 spiro atoms. The molecule has 0 aromatic carbocycles. The zero-order valence-electron chi connectivity index (χ0n) is 15.5. The highest BCUT2D eigenvalue weighted by Crippen LogP contribution is 2.36. The summed E-state index contributed by atoms with van der Waals surface area (Å²) in [7, 11) is 0. The molecule has 0 aromatic rings. The fourth-order valence-corrected chi connectivity index (χ4v) is 4.63. The first-order chi connectivity index (χ1) is 12.1. The molecule has 3 atom stereocenters. The number of piperidine rings is 1. The Kier molecular flexibility index (Phi) is 5.99. The first-order valence-corrected chi connectivity index (χ1v) is 9.82. The van der Waals surface area contributed by atoms with Gasteiger partial charge in [0, 0.05) is 18.8 Å². The van der Waals surface area contributed by atoms with Crippen LogP contribution in [0.4, 0.5) is 4.79 Å². The molecule has 2 amide bonds. The molecule has 140 valence electrons. The molecular weight excluding hydrogens is 318 g/mol. The van der Waals surface area contributed by atoms with E-state index in [2.05, 4.69) is 15.5 Å². The van der Waals surface area contributed by atoms with Crippen LogP contribution < -0.4 is 10.6 Å². The molecule has 3 rings (SSSR count). The number of nitrogens with one attached hydrogen (secondary N) is 2. The number of carbonyl (C=O) groups excluding carboxylic acids is 2.